The van der Waals surface area contributed by atoms with Gasteiger partial charge < -0.3 is 0 Å². The molecule has 1 fully saturated rings. The van der Waals surface area contributed by atoms with Gasteiger partial charge in [0.2, 0.25) is 0 Å². The van der Waals surface area contributed by atoms with Gasteiger partial charge in [-0.2, -0.15) is 0 Å². The van der Waals surface area contributed by atoms with Crippen LogP contribution in [-0.2, 0) is 4.79 Å². The van der Waals surface area contributed by atoms with E-state index in [1.807, 2.05) is 6.08 Å². The Balaban J connectivity index is 2.35. The molecule has 0 aromatic carbocycles. The van der Waals surface area contributed by atoms with Crippen LogP contribution in [0.15, 0.2) is 11.6 Å². The molecule has 1 nitrogen and oxygen atoms in total. The Hall–Kier alpha value is -0.300. The zero-order valence-corrected chi connectivity index (χ0v) is 7.31. The molecule has 1 atom stereocenters. The van der Waals surface area contributed by atoms with E-state index in [4.69, 9.17) is 11.6 Å². The minimum absolute atomic E-state index is 0.263. The van der Waals surface area contributed by atoms with Crippen LogP contribution in [-0.4, -0.2) is 5.78 Å². The molecule has 0 saturated heterocycles. The molecule has 62 valence electrons. The summed E-state index contributed by atoms with van der Waals surface area (Å²) >= 11 is 5.38. The molecule has 0 amide bonds. The van der Waals surface area contributed by atoms with Crippen molar-refractivity contribution in [2.45, 2.75) is 32.1 Å². The molecule has 1 saturated carbocycles. The van der Waals surface area contributed by atoms with Crippen LogP contribution in [0.25, 0.3) is 0 Å². The fraction of sp³-hybridized carbons (Fsp3) is 0.667. The summed E-state index contributed by atoms with van der Waals surface area (Å²) in [6.07, 6.45) is 6.82. The molecule has 0 radical (unpaired) electrons. The van der Waals surface area contributed by atoms with Crippen molar-refractivity contribution in [2.24, 2.45) is 5.92 Å². The van der Waals surface area contributed by atoms with Crippen LogP contribution >= 0.6 is 11.6 Å². The zero-order valence-electron chi connectivity index (χ0n) is 6.55. The summed E-state index contributed by atoms with van der Waals surface area (Å²) in [5.41, 5.74) is 1.50. The molecular formula is C9H13ClO. The quantitative estimate of drug-likeness (QED) is 0.626. The molecule has 0 heterocycles. The first-order valence-electron chi connectivity index (χ1n) is 4.12. The van der Waals surface area contributed by atoms with E-state index in [1.165, 1.54) is 12.0 Å². The van der Waals surface area contributed by atoms with Crippen molar-refractivity contribution >= 4 is 17.4 Å². The molecular weight excluding hydrogens is 160 g/mol. The fourth-order valence-electron chi connectivity index (χ4n) is 1.52. The van der Waals surface area contributed by atoms with Crippen molar-refractivity contribution in [3.8, 4) is 0 Å². The van der Waals surface area contributed by atoms with Gasteiger partial charge in [-0.25, -0.2) is 0 Å². The maximum atomic E-state index is 11.2. The fourth-order valence-corrected chi connectivity index (χ4v) is 1.62. The average Bonchev–Trinajstić information content (AvgIpc) is 2.03. The van der Waals surface area contributed by atoms with Crippen molar-refractivity contribution in [2.75, 3.05) is 0 Å². The van der Waals surface area contributed by atoms with Crippen LogP contribution < -0.4 is 0 Å². The van der Waals surface area contributed by atoms with Crippen LogP contribution in [0.3, 0.4) is 0 Å². The van der Waals surface area contributed by atoms with Gasteiger partial charge in [0, 0.05) is 17.9 Å². The second-order valence-electron chi connectivity index (χ2n) is 3.01. The van der Waals surface area contributed by atoms with Gasteiger partial charge in [-0.1, -0.05) is 24.1 Å². The molecule has 0 N–H and O–H groups in total. The summed E-state index contributed by atoms with van der Waals surface area (Å²) in [6, 6.07) is 0. The molecule has 0 aliphatic heterocycles. The molecule has 1 aliphatic rings. The highest BCUT2D eigenvalue weighted by molar-refractivity contribution is 6.25. The van der Waals surface area contributed by atoms with E-state index in [1.54, 1.807) is 0 Å². The normalized spacial score (nSPS) is 26.3. The Kier molecular flexibility index (Phi) is 3.64. The lowest BCUT2D eigenvalue weighted by Crippen LogP contribution is -2.17. The Morgan fingerprint density at radius 3 is 3.00 bits per heavy atom. The van der Waals surface area contributed by atoms with Crippen molar-refractivity contribution in [3.05, 3.63) is 11.6 Å². The second-order valence-corrected chi connectivity index (χ2v) is 3.26. The van der Waals surface area contributed by atoms with E-state index < -0.39 is 0 Å². The largest absolute Gasteiger partial charge is 0.299 e. The predicted molar refractivity (Wildman–Crippen MR) is 46.6 cm³/mol. The maximum Gasteiger partial charge on any atom is 0.136 e. The predicted octanol–water partition coefficient (Wildman–Crippen LogP) is 2.89. The van der Waals surface area contributed by atoms with E-state index in [2.05, 4.69) is 0 Å². The number of halogens is 1. The molecule has 2 heteroatoms. The van der Waals surface area contributed by atoms with Crippen molar-refractivity contribution in [1.82, 2.24) is 0 Å². The Labute approximate surface area is 72.4 Å². The van der Waals surface area contributed by atoms with Gasteiger partial charge in [-0.15, -0.1) is 0 Å². The lowest BCUT2D eigenvalue weighted by molar-refractivity contribution is -0.124. The van der Waals surface area contributed by atoms with Crippen LogP contribution in [0.4, 0.5) is 0 Å². The lowest BCUT2D eigenvalue weighted by Gasteiger charge is -2.18. The van der Waals surface area contributed by atoms with Gasteiger partial charge in [0.15, 0.2) is 0 Å². The summed E-state index contributed by atoms with van der Waals surface area (Å²) in [4.78, 5) is 11.2. The van der Waals surface area contributed by atoms with Gasteiger partial charge in [-0.3, -0.25) is 4.79 Å². The van der Waals surface area contributed by atoms with Gasteiger partial charge in [-0.05, 0) is 19.3 Å². The highest BCUT2D eigenvalue weighted by Crippen LogP contribution is 2.23. The minimum Gasteiger partial charge on any atom is -0.299 e. The summed E-state index contributed by atoms with van der Waals surface area (Å²) in [5, 5.41) is 0. The first-order chi connectivity index (χ1) is 5.34. The number of rotatable bonds is 2. The first-order valence-corrected chi connectivity index (χ1v) is 4.56. The average molecular weight is 173 g/mol. The van der Waals surface area contributed by atoms with Crippen molar-refractivity contribution in [3.63, 3.8) is 0 Å². The third-order valence-electron chi connectivity index (χ3n) is 2.19. The standard InChI is InChI=1S/C9H13ClO/c10-7-3-5-8-4-1-2-6-9(8)11/h3,7-8H,1-2,4-6H2/b7-3+. The summed E-state index contributed by atoms with van der Waals surface area (Å²) in [7, 11) is 0. The number of carbonyl (C=O) groups is 1. The van der Waals surface area contributed by atoms with E-state index in [0.717, 1.165) is 25.7 Å². The molecule has 0 aromatic heterocycles. The molecule has 1 aliphatic carbocycles. The number of ketones is 1. The van der Waals surface area contributed by atoms with E-state index in [-0.39, 0.29) is 5.92 Å². The Bertz CT molecular complexity index is 163. The van der Waals surface area contributed by atoms with E-state index in [9.17, 15) is 4.79 Å². The second kappa shape index (κ2) is 4.55. The highest BCUT2D eigenvalue weighted by atomic mass is 35.5. The third-order valence-corrected chi connectivity index (χ3v) is 2.37. The Morgan fingerprint density at radius 1 is 1.55 bits per heavy atom. The van der Waals surface area contributed by atoms with Gasteiger partial charge in [0.25, 0.3) is 0 Å². The lowest BCUT2D eigenvalue weighted by atomic mass is 9.86. The summed E-state index contributed by atoms with van der Waals surface area (Å²) < 4.78 is 0. The minimum atomic E-state index is 0.263. The Morgan fingerprint density at radius 2 is 2.36 bits per heavy atom. The molecule has 11 heavy (non-hydrogen) atoms. The SMILES string of the molecule is O=C1CCCCC1C/C=C/Cl. The van der Waals surface area contributed by atoms with Crippen molar-refractivity contribution < 1.29 is 4.79 Å². The smallest absolute Gasteiger partial charge is 0.136 e. The molecule has 0 aromatic rings. The zero-order chi connectivity index (χ0) is 8.10. The number of carbonyl (C=O) groups excluding carboxylic acids is 1. The topological polar surface area (TPSA) is 17.1 Å². The third kappa shape index (κ3) is 2.66. The summed E-state index contributed by atoms with van der Waals surface area (Å²) in [6.45, 7) is 0. The molecule has 0 bridgehead atoms. The van der Waals surface area contributed by atoms with Gasteiger partial charge >= 0.3 is 0 Å². The van der Waals surface area contributed by atoms with Gasteiger partial charge in [0.05, 0.1) is 0 Å². The highest BCUT2D eigenvalue weighted by Gasteiger charge is 2.20. The first kappa shape index (κ1) is 8.79. The summed E-state index contributed by atoms with van der Waals surface area (Å²) in [5.74, 6) is 0.685. The van der Waals surface area contributed by atoms with Crippen LogP contribution in [0.5, 0.6) is 0 Å². The number of hydrogen-bond donors (Lipinski definition) is 0. The maximum absolute atomic E-state index is 11.2. The van der Waals surface area contributed by atoms with Crippen LogP contribution in [0.1, 0.15) is 32.1 Å². The van der Waals surface area contributed by atoms with E-state index in [0.29, 0.717) is 5.78 Å². The monoisotopic (exact) mass is 172 g/mol. The number of hydrogen-bond acceptors (Lipinski definition) is 1. The van der Waals surface area contributed by atoms with Crippen molar-refractivity contribution in [1.29, 1.82) is 0 Å². The van der Waals surface area contributed by atoms with Gasteiger partial charge in [0.1, 0.15) is 5.78 Å². The number of allylic oxidation sites excluding steroid dienone is 1. The molecule has 1 rings (SSSR count). The van der Waals surface area contributed by atoms with E-state index >= 15 is 0 Å². The number of Topliss-reactive ketones (excluding diaryl/α,β-unsaturated/α-hetero) is 1. The molecule has 1 unspecified atom stereocenters. The van der Waals surface area contributed by atoms with Crippen LogP contribution in [0, 0.1) is 5.92 Å². The van der Waals surface area contributed by atoms with Crippen LogP contribution in [0.2, 0.25) is 0 Å². The molecule has 0 spiro atoms.